The first kappa shape index (κ1) is 20.5. The predicted octanol–water partition coefficient (Wildman–Crippen LogP) is 0.736. The number of aromatic nitrogens is 1. The van der Waals surface area contributed by atoms with Gasteiger partial charge < -0.3 is 24.0 Å². The molecule has 0 saturated heterocycles. The maximum absolute atomic E-state index is 13.2. The van der Waals surface area contributed by atoms with Gasteiger partial charge in [0.05, 0.1) is 47.8 Å². The second-order valence-corrected chi connectivity index (χ2v) is 7.48. The third-order valence-electron chi connectivity index (χ3n) is 4.69. The molecule has 0 bridgehead atoms. The fourth-order valence-corrected chi connectivity index (χ4v) is 4.55. The van der Waals surface area contributed by atoms with Crippen molar-refractivity contribution in [1.82, 2.24) is 4.57 Å². The highest BCUT2D eigenvalue weighted by Crippen LogP contribution is 2.37. The maximum Gasteiger partial charge on any atom is 0.338 e. The molecular weight excluding hydrogens is 424 g/mol. The smallest absolute Gasteiger partial charge is 0.338 e. The first-order chi connectivity index (χ1) is 15.0. The van der Waals surface area contributed by atoms with Crippen molar-refractivity contribution >= 4 is 40.7 Å². The molecule has 3 aromatic heterocycles. The lowest BCUT2D eigenvalue weighted by atomic mass is 9.87. The number of hydrogen-bond acceptors (Lipinski definition) is 9. The Kier molecular flexibility index (Phi) is 5.38. The normalized spacial score (nSPS) is 16.4. The summed E-state index contributed by atoms with van der Waals surface area (Å²) in [6, 6.07) is 6.60. The van der Waals surface area contributed by atoms with Gasteiger partial charge in [-0.15, -0.1) is 11.3 Å². The first-order valence-electron chi connectivity index (χ1n) is 9.28. The van der Waals surface area contributed by atoms with Gasteiger partial charge in [0, 0.05) is 6.08 Å². The van der Waals surface area contributed by atoms with Crippen molar-refractivity contribution in [1.29, 1.82) is 0 Å². The zero-order valence-electron chi connectivity index (χ0n) is 16.6. The van der Waals surface area contributed by atoms with Crippen molar-refractivity contribution < 1.29 is 27.9 Å². The van der Waals surface area contributed by atoms with Crippen LogP contribution in [0.4, 0.5) is 0 Å². The van der Waals surface area contributed by atoms with Crippen LogP contribution in [-0.2, 0) is 19.1 Å². The van der Waals surface area contributed by atoms with Crippen LogP contribution in [0.2, 0.25) is 0 Å². The number of ether oxygens (including phenoxy) is 2. The molecule has 160 valence electrons. The Balaban J connectivity index is 2.12. The van der Waals surface area contributed by atoms with Crippen molar-refractivity contribution in [3.8, 4) is 0 Å². The van der Waals surface area contributed by atoms with Gasteiger partial charge in [-0.1, -0.05) is 0 Å². The monoisotopic (exact) mass is 442 g/mol. The zero-order chi connectivity index (χ0) is 22.1. The molecule has 10 heteroatoms. The van der Waals surface area contributed by atoms with Gasteiger partial charge in [-0.3, -0.25) is 9.36 Å². The molecule has 1 atom stereocenters. The lowest BCUT2D eigenvalue weighted by Crippen LogP contribution is -2.41. The lowest BCUT2D eigenvalue weighted by molar-refractivity contribution is -0.138. The van der Waals surface area contributed by atoms with E-state index in [1.54, 1.807) is 31.2 Å². The number of thiazole rings is 1. The summed E-state index contributed by atoms with van der Waals surface area (Å²) in [5.74, 6) is -1.89. The first-order valence-corrected chi connectivity index (χ1v) is 10.1. The molecule has 3 aromatic rings. The predicted molar refractivity (Wildman–Crippen MR) is 111 cm³/mol. The molecule has 4 rings (SSSR count). The quantitative estimate of drug-likeness (QED) is 0.573. The van der Waals surface area contributed by atoms with E-state index in [-0.39, 0.29) is 38.5 Å². The van der Waals surface area contributed by atoms with E-state index >= 15 is 0 Å². The summed E-state index contributed by atoms with van der Waals surface area (Å²) >= 11 is 1.03. The molecule has 0 spiro atoms. The number of fused-ring (bicyclic) bond motifs is 1. The summed E-state index contributed by atoms with van der Waals surface area (Å²) in [6.07, 6.45) is 4.42. The largest absolute Gasteiger partial charge is 0.468 e. The number of carbonyl (C=O) groups is 2. The van der Waals surface area contributed by atoms with Gasteiger partial charge in [0.25, 0.3) is 5.56 Å². The third-order valence-corrected chi connectivity index (χ3v) is 5.80. The molecule has 0 saturated carbocycles. The molecule has 0 fully saturated rings. The second-order valence-electron chi connectivity index (χ2n) is 6.44. The Morgan fingerprint density at radius 2 is 1.94 bits per heavy atom. The van der Waals surface area contributed by atoms with Gasteiger partial charge in [-0.05, 0) is 31.2 Å². The third kappa shape index (κ3) is 3.40. The summed E-state index contributed by atoms with van der Waals surface area (Å²) in [4.78, 5) is 38.9. The van der Waals surface area contributed by atoms with Crippen LogP contribution in [0.25, 0.3) is 17.5 Å². The number of nitrogens with two attached hydrogens (primary N) is 1. The molecule has 31 heavy (non-hydrogen) atoms. The number of hydrogen-bond donors (Lipinski definition) is 1. The minimum Gasteiger partial charge on any atom is -0.468 e. The summed E-state index contributed by atoms with van der Waals surface area (Å²) < 4.78 is 22.6. The van der Waals surface area contributed by atoms with E-state index in [0.29, 0.717) is 5.76 Å². The fraction of sp³-hybridized carbons (Fsp3) is 0.190. The van der Waals surface area contributed by atoms with E-state index in [4.69, 9.17) is 24.0 Å². The van der Waals surface area contributed by atoms with Crippen molar-refractivity contribution in [2.24, 2.45) is 5.73 Å². The van der Waals surface area contributed by atoms with Crippen LogP contribution < -0.4 is 20.5 Å². The molecule has 1 aliphatic heterocycles. The van der Waals surface area contributed by atoms with Crippen LogP contribution in [0, 0.1) is 0 Å². The molecule has 2 N–H and O–H groups in total. The van der Waals surface area contributed by atoms with Crippen LogP contribution >= 0.6 is 11.3 Å². The molecule has 0 amide bonds. The van der Waals surface area contributed by atoms with Gasteiger partial charge in [0.2, 0.25) is 0 Å². The SMILES string of the molecule is CCOC(=O)C1=C(N)n2c(s/c(=C\c3ccco3)c2=O)=C(C(=O)OC)C1c1ccco1. The minimum absolute atomic E-state index is 0.0518. The summed E-state index contributed by atoms with van der Waals surface area (Å²) in [5, 5.41) is 0. The van der Waals surface area contributed by atoms with Crippen LogP contribution in [-0.4, -0.2) is 30.2 Å². The summed E-state index contributed by atoms with van der Waals surface area (Å²) in [5.41, 5.74) is 5.79. The molecule has 0 aromatic carbocycles. The lowest BCUT2D eigenvalue weighted by Gasteiger charge is -2.25. The fourth-order valence-electron chi connectivity index (χ4n) is 3.41. The van der Waals surface area contributed by atoms with Crippen molar-refractivity contribution in [3.05, 3.63) is 73.4 Å². The van der Waals surface area contributed by atoms with Gasteiger partial charge in [0.1, 0.15) is 22.0 Å². The van der Waals surface area contributed by atoms with Gasteiger partial charge in [0.15, 0.2) is 0 Å². The molecule has 1 unspecified atom stereocenters. The van der Waals surface area contributed by atoms with Crippen LogP contribution in [0.5, 0.6) is 0 Å². The maximum atomic E-state index is 13.2. The average molecular weight is 442 g/mol. The topological polar surface area (TPSA) is 127 Å². The van der Waals surface area contributed by atoms with Gasteiger partial charge in [-0.2, -0.15) is 0 Å². The van der Waals surface area contributed by atoms with E-state index in [2.05, 4.69) is 0 Å². The van der Waals surface area contributed by atoms with Gasteiger partial charge >= 0.3 is 11.9 Å². The van der Waals surface area contributed by atoms with Crippen molar-refractivity contribution in [2.45, 2.75) is 12.8 Å². The van der Waals surface area contributed by atoms with Crippen molar-refractivity contribution in [2.75, 3.05) is 13.7 Å². The van der Waals surface area contributed by atoms with E-state index in [1.165, 1.54) is 25.7 Å². The van der Waals surface area contributed by atoms with Crippen molar-refractivity contribution in [3.63, 3.8) is 0 Å². The molecular formula is C21H18N2O7S. The second kappa shape index (κ2) is 8.15. The van der Waals surface area contributed by atoms with E-state index in [0.717, 1.165) is 15.9 Å². The number of furan rings is 2. The number of esters is 2. The minimum atomic E-state index is -1.00. The number of nitrogens with zero attached hydrogens (tertiary/aromatic N) is 1. The van der Waals surface area contributed by atoms with Gasteiger partial charge in [-0.25, -0.2) is 9.59 Å². The molecule has 0 aliphatic carbocycles. The highest BCUT2D eigenvalue weighted by atomic mass is 32.1. The Morgan fingerprint density at radius 1 is 1.19 bits per heavy atom. The highest BCUT2D eigenvalue weighted by Gasteiger charge is 2.41. The average Bonchev–Trinajstić information content (AvgIpc) is 3.50. The zero-order valence-corrected chi connectivity index (χ0v) is 17.4. The van der Waals surface area contributed by atoms with Crippen LogP contribution in [0.15, 0.2) is 56.0 Å². The van der Waals surface area contributed by atoms with Crippen LogP contribution in [0.3, 0.4) is 0 Å². The molecule has 1 aliphatic rings. The standard InChI is InChI=1S/C21H18N2O7S/c1-3-28-21(26)15-14(12-7-5-9-30-12)16(20(25)27-2)19-23(17(15)22)18(24)13(31-19)10-11-6-4-8-29-11/h4-10,14H,3,22H2,1-2H3/b13-10-. The summed E-state index contributed by atoms with van der Waals surface area (Å²) in [7, 11) is 1.21. The Bertz CT molecular complexity index is 1340. The van der Waals surface area contributed by atoms with E-state index in [1.807, 2.05) is 0 Å². The Hall–Kier alpha value is -3.79. The number of methoxy groups -OCH3 is 1. The van der Waals surface area contributed by atoms with Crippen LogP contribution in [0.1, 0.15) is 24.4 Å². The van der Waals surface area contributed by atoms with E-state index in [9.17, 15) is 14.4 Å². The Morgan fingerprint density at radius 3 is 2.55 bits per heavy atom. The molecule has 0 radical (unpaired) electrons. The highest BCUT2D eigenvalue weighted by molar-refractivity contribution is 7.07. The molecule has 9 nitrogen and oxygen atoms in total. The number of carbonyl (C=O) groups excluding carboxylic acids is 2. The molecule has 4 heterocycles. The van der Waals surface area contributed by atoms with E-state index < -0.39 is 23.4 Å². The summed E-state index contributed by atoms with van der Waals surface area (Å²) in [6.45, 7) is 1.72. The Labute approximate surface area is 179 Å². The number of rotatable bonds is 5.